The number of carbonyl (C=O) groups is 4. The SMILES string of the molecule is CCCC[C@H](NC(=O)[C@H](Cc1cccc2ccccc12)NC(=O)OCc1ccccc1)C(=O)NC(CC(C)C)C(O)CC(=O)OCC. The minimum absolute atomic E-state index is 0.0299. The molecule has 4 N–H and O–H groups in total. The van der Waals surface area contributed by atoms with Gasteiger partial charge in [-0.15, -0.1) is 0 Å². The molecule has 10 heteroatoms. The van der Waals surface area contributed by atoms with Crippen LogP contribution in [0.15, 0.2) is 72.8 Å². The lowest BCUT2D eigenvalue weighted by atomic mass is 9.96. The van der Waals surface area contributed by atoms with Gasteiger partial charge < -0.3 is 30.5 Å². The number of nitrogens with one attached hydrogen (secondary N) is 3. The van der Waals surface area contributed by atoms with Crippen molar-refractivity contribution in [2.45, 2.75) is 97.1 Å². The Morgan fingerprint density at radius 2 is 1.47 bits per heavy atom. The van der Waals surface area contributed by atoms with Crippen molar-refractivity contribution >= 4 is 34.6 Å². The van der Waals surface area contributed by atoms with Crippen molar-refractivity contribution in [1.29, 1.82) is 0 Å². The van der Waals surface area contributed by atoms with Crippen molar-refractivity contribution in [3.05, 3.63) is 83.9 Å². The Morgan fingerprint density at radius 1 is 0.787 bits per heavy atom. The summed E-state index contributed by atoms with van der Waals surface area (Å²) in [5.41, 5.74) is 1.65. The number of hydrogen-bond acceptors (Lipinski definition) is 7. The van der Waals surface area contributed by atoms with Gasteiger partial charge in [-0.3, -0.25) is 14.4 Å². The first kappa shape index (κ1) is 37.0. The van der Waals surface area contributed by atoms with Crippen LogP contribution in [0, 0.1) is 5.92 Å². The number of alkyl carbamates (subject to hydrolysis) is 1. The molecule has 3 aromatic rings. The first-order chi connectivity index (χ1) is 22.6. The summed E-state index contributed by atoms with van der Waals surface area (Å²) in [7, 11) is 0. The number of rotatable bonds is 18. The summed E-state index contributed by atoms with van der Waals surface area (Å²) in [6.45, 7) is 7.78. The number of amides is 3. The fourth-order valence-electron chi connectivity index (χ4n) is 5.39. The molecule has 0 heterocycles. The molecule has 0 spiro atoms. The molecule has 0 bridgehead atoms. The van der Waals surface area contributed by atoms with Crippen molar-refractivity contribution < 1.29 is 33.8 Å². The van der Waals surface area contributed by atoms with Crippen molar-refractivity contribution in [2.24, 2.45) is 5.92 Å². The average Bonchev–Trinajstić information content (AvgIpc) is 3.05. The van der Waals surface area contributed by atoms with Crippen LogP contribution in [0.2, 0.25) is 0 Å². The summed E-state index contributed by atoms with van der Waals surface area (Å²) >= 11 is 0. The van der Waals surface area contributed by atoms with Gasteiger partial charge in [0.15, 0.2) is 0 Å². The average molecular weight is 648 g/mol. The number of aliphatic hydroxyl groups is 1. The van der Waals surface area contributed by atoms with E-state index in [0.29, 0.717) is 19.3 Å². The molecule has 0 saturated carbocycles. The van der Waals surface area contributed by atoms with E-state index in [0.717, 1.165) is 28.3 Å². The first-order valence-corrected chi connectivity index (χ1v) is 16.5. The predicted octanol–water partition coefficient (Wildman–Crippen LogP) is 5.20. The minimum Gasteiger partial charge on any atom is -0.466 e. The number of esters is 1. The molecule has 3 rings (SSSR count). The highest BCUT2D eigenvalue weighted by Crippen LogP contribution is 2.20. The summed E-state index contributed by atoms with van der Waals surface area (Å²) < 4.78 is 10.4. The molecule has 0 saturated heterocycles. The third kappa shape index (κ3) is 12.4. The van der Waals surface area contributed by atoms with E-state index in [9.17, 15) is 24.3 Å². The van der Waals surface area contributed by atoms with Crippen LogP contribution in [-0.2, 0) is 36.9 Å². The largest absolute Gasteiger partial charge is 0.466 e. The van der Waals surface area contributed by atoms with E-state index >= 15 is 0 Å². The van der Waals surface area contributed by atoms with Gasteiger partial charge in [-0.25, -0.2) is 4.79 Å². The smallest absolute Gasteiger partial charge is 0.408 e. The van der Waals surface area contributed by atoms with E-state index in [-0.39, 0.29) is 32.0 Å². The normalized spacial score (nSPS) is 13.7. The highest BCUT2D eigenvalue weighted by Gasteiger charge is 2.31. The zero-order valence-corrected chi connectivity index (χ0v) is 27.9. The summed E-state index contributed by atoms with van der Waals surface area (Å²) in [6.07, 6.45) is 0.160. The summed E-state index contributed by atoms with van der Waals surface area (Å²) in [5, 5.41) is 21.3. The maximum Gasteiger partial charge on any atom is 0.408 e. The van der Waals surface area contributed by atoms with Gasteiger partial charge in [-0.1, -0.05) is 106 Å². The van der Waals surface area contributed by atoms with Crippen LogP contribution in [0.5, 0.6) is 0 Å². The fraction of sp³-hybridized carbons (Fsp3) is 0.459. The van der Waals surface area contributed by atoms with Gasteiger partial charge in [0.1, 0.15) is 18.7 Å². The standard InChI is InChI=1S/C37H49N3O7/c1-5-7-20-30(35(43)39-31(21-25(3)4)33(41)23-34(42)46-6-2)38-36(44)32(40-37(45)47-24-26-14-9-8-10-15-26)22-28-18-13-17-27-16-11-12-19-29(27)28/h8-19,25,30-33,41H,5-7,20-24H2,1-4H3,(H,38,44)(H,39,43)(H,40,45)/t30-,31?,32-,33?/m0/s1. The van der Waals surface area contributed by atoms with Gasteiger partial charge in [0.25, 0.3) is 0 Å². The molecule has 0 aromatic heterocycles. The number of aliphatic hydroxyl groups excluding tert-OH is 1. The molecular formula is C37H49N3O7. The van der Waals surface area contributed by atoms with Crippen molar-refractivity contribution in [1.82, 2.24) is 16.0 Å². The summed E-state index contributed by atoms with van der Waals surface area (Å²) in [6, 6.07) is 20.1. The predicted molar refractivity (Wildman–Crippen MR) is 181 cm³/mol. The third-order valence-electron chi connectivity index (χ3n) is 7.80. The zero-order chi connectivity index (χ0) is 34.2. The highest BCUT2D eigenvalue weighted by atomic mass is 16.5. The Hall–Kier alpha value is -4.44. The zero-order valence-electron chi connectivity index (χ0n) is 27.9. The molecule has 0 aliphatic heterocycles. The van der Waals surface area contributed by atoms with Crippen LogP contribution in [-0.4, -0.2) is 59.8 Å². The van der Waals surface area contributed by atoms with E-state index in [4.69, 9.17) is 9.47 Å². The van der Waals surface area contributed by atoms with E-state index in [1.54, 1.807) is 6.92 Å². The molecule has 0 fully saturated rings. The lowest BCUT2D eigenvalue weighted by Crippen LogP contribution is -2.57. The third-order valence-corrected chi connectivity index (χ3v) is 7.80. The van der Waals surface area contributed by atoms with Crippen LogP contribution < -0.4 is 16.0 Å². The van der Waals surface area contributed by atoms with Gasteiger partial charge in [-0.05, 0) is 47.6 Å². The Balaban J connectivity index is 1.82. The molecule has 3 amide bonds. The lowest BCUT2D eigenvalue weighted by Gasteiger charge is -2.29. The monoisotopic (exact) mass is 647 g/mol. The van der Waals surface area contributed by atoms with Crippen LogP contribution in [0.3, 0.4) is 0 Å². The molecule has 0 radical (unpaired) electrons. The number of benzene rings is 3. The van der Waals surface area contributed by atoms with Gasteiger partial charge in [-0.2, -0.15) is 0 Å². The number of unbranched alkanes of at least 4 members (excludes halogenated alkanes) is 1. The van der Waals surface area contributed by atoms with Gasteiger partial charge in [0, 0.05) is 6.42 Å². The molecule has 4 atom stereocenters. The Kier molecular flexibility index (Phi) is 15.2. The van der Waals surface area contributed by atoms with Crippen LogP contribution in [0.25, 0.3) is 10.8 Å². The van der Waals surface area contributed by atoms with Crippen LogP contribution in [0.1, 0.15) is 70.9 Å². The maximum absolute atomic E-state index is 13.9. The molecule has 3 aromatic carbocycles. The molecule has 0 aliphatic rings. The van der Waals surface area contributed by atoms with E-state index in [1.165, 1.54) is 0 Å². The second-order valence-corrected chi connectivity index (χ2v) is 12.1. The second kappa shape index (κ2) is 19.3. The highest BCUT2D eigenvalue weighted by molar-refractivity contribution is 5.92. The van der Waals surface area contributed by atoms with Gasteiger partial charge >= 0.3 is 12.1 Å². The summed E-state index contributed by atoms with van der Waals surface area (Å²) in [4.78, 5) is 52.6. The molecule has 0 aliphatic carbocycles. The van der Waals surface area contributed by atoms with E-state index < -0.39 is 48.1 Å². The lowest BCUT2D eigenvalue weighted by molar-refractivity contribution is -0.146. The quantitative estimate of drug-likeness (QED) is 0.139. The molecule has 10 nitrogen and oxygen atoms in total. The minimum atomic E-state index is -1.16. The van der Waals surface area contributed by atoms with Crippen LogP contribution in [0.4, 0.5) is 4.79 Å². The van der Waals surface area contributed by atoms with Crippen LogP contribution >= 0.6 is 0 Å². The number of hydrogen-bond donors (Lipinski definition) is 4. The molecule has 254 valence electrons. The van der Waals surface area contributed by atoms with Gasteiger partial charge in [0.05, 0.1) is 25.2 Å². The van der Waals surface area contributed by atoms with Gasteiger partial charge in [0.2, 0.25) is 11.8 Å². The Bertz CT molecular complexity index is 1440. The fourth-order valence-corrected chi connectivity index (χ4v) is 5.39. The van der Waals surface area contributed by atoms with Crippen molar-refractivity contribution in [3.63, 3.8) is 0 Å². The Morgan fingerprint density at radius 3 is 2.17 bits per heavy atom. The Labute approximate surface area is 277 Å². The number of carbonyl (C=O) groups excluding carboxylic acids is 4. The van der Waals surface area contributed by atoms with Crippen molar-refractivity contribution in [2.75, 3.05) is 6.61 Å². The maximum atomic E-state index is 13.9. The molecule has 47 heavy (non-hydrogen) atoms. The number of fused-ring (bicyclic) bond motifs is 1. The topological polar surface area (TPSA) is 143 Å². The second-order valence-electron chi connectivity index (χ2n) is 12.1. The van der Waals surface area contributed by atoms with Crippen molar-refractivity contribution in [3.8, 4) is 0 Å². The van der Waals surface area contributed by atoms with E-state index in [2.05, 4.69) is 16.0 Å². The first-order valence-electron chi connectivity index (χ1n) is 16.5. The summed E-state index contributed by atoms with van der Waals surface area (Å²) in [5.74, 6) is -1.47. The van der Waals surface area contributed by atoms with E-state index in [1.807, 2.05) is 93.6 Å². The molecular weight excluding hydrogens is 598 g/mol. The number of ether oxygens (including phenoxy) is 2. The molecule has 2 unspecified atom stereocenters.